The smallest absolute Gasteiger partial charge is 0.324 e. The standard InChI is InChI=1S/C11H21NO5S/c1-11(2,3)16-10(13)8-18(14,15)17-9-4-6-12-7-5-9/h9,12H,4-8H2,1-3H3. The summed E-state index contributed by atoms with van der Waals surface area (Å²) in [7, 11) is -3.86. The fourth-order valence-corrected chi connectivity index (χ4v) is 2.67. The Labute approximate surface area is 108 Å². The third kappa shape index (κ3) is 6.32. The highest BCUT2D eigenvalue weighted by Crippen LogP contribution is 2.13. The molecule has 0 atom stereocenters. The Kier molecular flexibility index (Phi) is 5.12. The molecule has 0 amide bonds. The fourth-order valence-electron chi connectivity index (χ4n) is 1.65. The van der Waals surface area contributed by atoms with Gasteiger partial charge >= 0.3 is 5.97 Å². The number of esters is 1. The number of carbonyl (C=O) groups is 1. The third-order valence-corrected chi connectivity index (χ3v) is 3.44. The molecule has 1 N–H and O–H groups in total. The molecular formula is C11H21NO5S. The summed E-state index contributed by atoms with van der Waals surface area (Å²) in [6.45, 7) is 6.51. The van der Waals surface area contributed by atoms with Crippen LogP contribution in [0.3, 0.4) is 0 Å². The fraction of sp³-hybridized carbons (Fsp3) is 0.909. The summed E-state index contributed by atoms with van der Waals surface area (Å²) in [5, 5.41) is 3.11. The first-order valence-electron chi connectivity index (χ1n) is 6.01. The molecule has 1 saturated heterocycles. The molecule has 0 aromatic rings. The van der Waals surface area contributed by atoms with E-state index in [-0.39, 0.29) is 6.10 Å². The van der Waals surface area contributed by atoms with Crippen molar-refractivity contribution in [2.45, 2.75) is 45.3 Å². The molecule has 0 saturated carbocycles. The Balaban J connectivity index is 2.46. The lowest BCUT2D eigenvalue weighted by molar-refractivity contribution is -0.151. The lowest BCUT2D eigenvalue weighted by atomic mass is 10.1. The van der Waals surface area contributed by atoms with Gasteiger partial charge in [0.2, 0.25) is 0 Å². The maximum Gasteiger partial charge on any atom is 0.324 e. The van der Waals surface area contributed by atoms with Gasteiger partial charge in [0, 0.05) is 0 Å². The van der Waals surface area contributed by atoms with Crippen LogP contribution in [0.4, 0.5) is 0 Å². The van der Waals surface area contributed by atoms with Gasteiger partial charge in [-0.25, -0.2) is 0 Å². The van der Waals surface area contributed by atoms with Crippen LogP contribution in [0.15, 0.2) is 0 Å². The van der Waals surface area contributed by atoms with Gasteiger partial charge in [0.25, 0.3) is 10.1 Å². The minimum Gasteiger partial charge on any atom is -0.459 e. The highest BCUT2D eigenvalue weighted by Gasteiger charge is 2.27. The van der Waals surface area contributed by atoms with E-state index in [1.54, 1.807) is 20.8 Å². The second-order valence-electron chi connectivity index (χ2n) is 5.33. The maximum atomic E-state index is 11.7. The Morgan fingerprint density at radius 2 is 1.83 bits per heavy atom. The number of hydrogen-bond donors (Lipinski definition) is 1. The van der Waals surface area contributed by atoms with E-state index in [2.05, 4.69) is 5.32 Å². The summed E-state index contributed by atoms with van der Waals surface area (Å²) in [5.41, 5.74) is -0.693. The zero-order valence-corrected chi connectivity index (χ0v) is 11.9. The molecule has 106 valence electrons. The van der Waals surface area contributed by atoms with E-state index in [0.29, 0.717) is 12.8 Å². The van der Waals surface area contributed by atoms with E-state index in [0.717, 1.165) is 13.1 Å². The molecule has 0 aromatic heterocycles. The first kappa shape index (κ1) is 15.4. The molecule has 6 nitrogen and oxygen atoms in total. The van der Waals surface area contributed by atoms with E-state index in [9.17, 15) is 13.2 Å². The van der Waals surface area contributed by atoms with Crippen molar-refractivity contribution in [3.8, 4) is 0 Å². The highest BCUT2D eigenvalue weighted by molar-refractivity contribution is 7.87. The van der Waals surface area contributed by atoms with Crippen LogP contribution in [-0.4, -0.2) is 44.9 Å². The van der Waals surface area contributed by atoms with Crippen molar-refractivity contribution in [2.24, 2.45) is 0 Å². The number of ether oxygens (including phenoxy) is 1. The first-order chi connectivity index (χ1) is 8.18. The summed E-state index contributed by atoms with van der Waals surface area (Å²) in [5.74, 6) is -1.51. The normalized spacial score (nSPS) is 18.6. The van der Waals surface area contributed by atoms with Gasteiger partial charge in [-0.05, 0) is 46.7 Å². The summed E-state index contributed by atoms with van der Waals surface area (Å²) < 4.78 is 33.3. The number of piperidine rings is 1. The molecule has 1 fully saturated rings. The van der Waals surface area contributed by atoms with Crippen LogP contribution >= 0.6 is 0 Å². The molecule has 1 heterocycles. The molecule has 0 radical (unpaired) electrons. The van der Waals surface area contributed by atoms with Gasteiger partial charge in [0.05, 0.1) is 6.10 Å². The average Bonchev–Trinajstić information content (AvgIpc) is 2.13. The zero-order valence-electron chi connectivity index (χ0n) is 11.1. The van der Waals surface area contributed by atoms with Crippen molar-refractivity contribution < 1.29 is 22.1 Å². The molecule has 1 aliphatic rings. The molecule has 0 unspecified atom stereocenters. The van der Waals surface area contributed by atoms with Crippen LogP contribution < -0.4 is 5.32 Å². The van der Waals surface area contributed by atoms with E-state index < -0.39 is 27.4 Å². The summed E-state index contributed by atoms with van der Waals surface area (Å²) in [6, 6.07) is 0. The molecule has 18 heavy (non-hydrogen) atoms. The minimum atomic E-state index is -3.86. The Bertz CT molecular complexity index is 379. The van der Waals surface area contributed by atoms with Crippen molar-refractivity contribution in [2.75, 3.05) is 18.8 Å². The van der Waals surface area contributed by atoms with Gasteiger partial charge < -0.3 is 10.1 Å². The van der Waals surface area contributed by atoms with Crippen LogP contribution in [0.2, 0.25) is 0 Å². The molecule has 0 bridgehead atoms. The molecule has 0 aromatic carbocycles. The third-order valence-electron chi connectivity index (χ3n) is 2.28. The van der Waals surface area contributed by atoms with Gasteiger partial charge in [-0.15, -0.1) is 0 Å². The SMILES string of the molecule is CC(C)(C)OC(=O)CS(=O)(=O)OC1CCNCC1. The lowest BCUT2D eigenvalue weighted by Crippen LogP contribution is -2.36. The maximum absolute atomic E-state index is 11.7. The second kappa shape index (κ2) is 5.99. The van der Waals surface area contributed by atoms with Crippen molar-refractivity contribution >= 4 is 16.1 Å². The van der Waals surface area contributed by atoms with Crippen molar-refractivity contribution in [1.29, 1.82) is 0 Å². The molecule has 7 heteroatoms. The van der Waals surface area contributed by atoms with E-state index in [1.165, 1.54) is 0 Å². The van der Waals surface area contributed by atoms with Crippen LogP contribution in [-0.2, 0) is 23.8 Å². The van der Waals surface area contributed by atoms with Crippen LogP contribution in [0.5, 0.6) is 0 Å². The summed E-state index contributed by atoms with van der Waals surface area (Å²) in [4.78, 5) is 11.4. The monoisotopic (exact) mass is 279 g/mol. The van der Waals surface area contributed by atoms with Gasteiger partial charge in [-0.2, -0.15) is 8.42 Å². The van der Waals surface area contributed by atoms with Gasteiger partial charge in [-0.3, -0.25) is 8.98 Å². The Morgan fingerprint density at radius 1 is 1.28 bits per heavy atom. The summed E-state index contributed by atoms with van der Waals surface area (Å²) >= 11 is 0. The van der Waals surface area contributed by atoms with E-state index in [1.807, 2.05) is 0 Å². The van der Waals surface area contributed by atoms with Crippen molar-refractivity contribution in [1.82, 2.24) is 5.32 Å². The topological polar surface area (TPSA) is 81.7 Å². The molecule has 1 aliphatic heterocycles. The minimum absolute atomic E-state index is 0.335. The zero-order chi connectivity index (χ0) is 13.8. The van der Waals surface area contributed by atoms with Crippen molar-refractivity contribution in [3.63, 3.8) is 0 Å². The molecule has 0 aliphatic carbocycles. The van der Waals surface area contributed by atoms with Gasteiger partial charge in [-0.1, -0.05) is 0 Å². The number of nitrogens with one attached hydrogen (secondary N) is 1. The van der Waals surface area contributed by atoms with Gasteiger partial charge in [0.15, 0.2) is 5.75 Å². The largest absolute Gasteiger partial charge is 0.459 e. The first-order valence-corrected chi connectivity index (χ1v) is 7.59. The van der Waals surface area contributed by atoms with E-state index >= 15 is 0 Å². The molecular weight excluding hydrogens is 258 g/mol. The quantitative estimate of drug-likeness (QED) is 0.593. The van der Waals surface area contributed by atoms with Gasteiger partial charge in [0.1, 0.15) is 5.60 Å². The molecule has 1 rings (SSSR count). The Morgan fingerprint density at radius 3 is 2.33 bits per heavy atom. The predicted molar refractivity (Wildman–Crippen MR) is 66.6 cm³/mol. The second-order valence-corrected chi connectivity index (χ2v) is 6.93. The predicted octanol–water partition coefficient (Wildman–Crippen LogP) is 0.427. The Hall–Kier alpha value is -0.660. The number of hydrogen-bond acceptors (Lipinski definition) is 6. The summed E-state index contributed by atoms with van der Waals surface area (Å²) in [6.07, 6.45) is 0.930. The van der Waals surface area contributed by atoms with E-state index in [4.69, 9.17) is 8.92 Å². The lowest BCUT2D eigenvalue weighted by Gasteiger charge is -2.23. The van der Waals surface area contributed by atoms with Crippen molar-refractivity contribution in [3.05, 3.63) is 0 Å². The van der Waals surface area contributed by atoms with Crippen LogP contribution in [0.25, 0.3) is 0 Å². The number of rotatable bonds is 4. The number of carbonyl (C=O) groups excluding carboxylic acids is 1. The highest BCUT2D eigenvalue weighted by atomic mass is 32.2. The average molecular weight is 279 g/mol. The van der Waals surface area contributed by atoms with Crippen LogP contribution in [0, 0.1) is 0 Å². The van der Waals surface area contributed by atoms with Crippen LogP contribution in [0.1, 0.15) is 33.6 Å². The molecule has 0 spiro atoms.